The average molecular weight is 154 g/mol. The van der Waals surface area contributed by atoms with Crippen LogP contribution in [0, 0.1) is 11.3 Å². The van der Waals surface area contributed by atoms with Crippen LogP contribution in [-0.4, -0.2) is 13.7 Å². The van der Waals surface area contributed by atoms with E-state index < -0.39 is 0 Å². The Bertz CT molecular complexity index is 128. The second-order valence-electron chi connectivity index (χ2n) is 3.11. The summed E-state index contributed by atoms with van der Waals surface area (Å²) in [6, 6.07) is 0. The minimum absolute atomic E-state index is 0.0608. The van der Waals surface area contributed by atoms with Crippen LogP contribution in [0.5, 0.6) is 0 Å². The maximum atomic E-state index is 5.11. The SMILES string of the molecule is C=CC(C=C)(COC)C(C)C. The maximum absolute atomic E-state index is 5.11. The molecule has 1 heteroatoms. The predicted octanol–water partition coefficient (Wildman–Crippen LogP) is 2.65. The van der Waals surface area contributed by atoms with Crippen molar-refractivity contribution in [1.82, 2.24) is 0 Å². The quantitative estimate of drug-likeness (QED) is 0.553. The highest BCUT2D eigenvalue weighted by molar-refractivity contribution is 5.08. The molecule has 0 amide bonds. The first-order valence-corrected chi connectivity index (χ1v) is 3.89. The Morgan fingerprint density at radius 2 is 1.82 bits per heavy atom. The summed E-state index contributed by atoms with van der Waals surface area (Å²) in [5, 5.41) is 0. The van der Waals surface area contributed by atoms with Gasteiger partial charge in [0.1, 0.15) is 0 Å². The van der Waals surface area contributed by atoms with E-state index >= 15 is 0 Å². The van der Waals surface area contributed by atoms with E-state index in [0.29, 0.717) is 12.5 Å². The molecule has 0 fully saturated rings. The Kier molecular flexibility index (Phi) is 4.12. The van der Waals surface area contributed by atoms with E-state index in [2.05, 4.69) is 27.0 Å². The lowest BCUT2D eigenvalue weighted by Crippen LogP contribution is -2.27. The fraction of sp³-hybridized carbons (Fsp3) is 0.600. The zero-order valence-corrected chi connectivity index (χ0v) is 7.76. The van der Waals surface area contributed by atoms with Gasteiger partial charge in [-0.2, -0.15) is 0 Å². The van der Waals surface area contributed by atoms with Crippen LogP contribution in [0.2, 0.25) is 0 Å². The molecule has 0 radical (unpaired) electrons. The fourth-order valence-electron chi connectivity index (χ4n) is 1.09. The summed E-state index contributed by atoms with van der Waals surface area (Å²) >= 11 is 0. The monoisotopic (exact) mass is 154 g/mol. The van der Waals surface area contributed by atoms with Crippen LogP contribution in [0.3, 0.4) is 0 Å². The van der Waals surface area contributed by atoms with Gasteiger partial charge in [-0.05, 0) is 5.92 Å². The summed E-state index contributed by atoms with van der Waals surface area (Å²) in [4.78, 5) is 0. The first-order chi connectivity index (χ1) is 5.13. The van der Waals surface area contributed by atoms with E-state index in [9.17, 15) is 0 Å². The summed E-state index contributed by atoms with van der Waals surface area (Å²) in [6.07, 6.45) is 3.82. The van der Waals surface area contributed by atoms with Crippen LogP contribution in [0.4, 0.5) is 0 Å². The molecule has 0 rings (SSSR count). The standard InChI is InChI=1S/C10H18O/c1-6-10(7-2,8-11-5)9(3)4/h6-7,9H,1-2,8H2,3-5H3. The van der Waals surface area contributed by atoms with Crippen LogP contribution in [0.15, 0.2) is 25.3 Å². The Morgan fingerprint density at radius 1 is 1.36 bits per heavy atom. The van der Waals surface area contributed by atoms with Gasteiger partial charge in [0.25, 0.3) is 0 Å². The maximum Gasteiger partial charge on any atom is 0.0590 e. The van der Waals surface area contributed by atoms with Gasteiger partial charge in [-0.25, -0.2) is 0 Å². The van der Waals surface area contributed by atoms with Gasteiger partial charge in [0.2, 0.25) is 0 Å². The van der Waals surface area contributed by atoms with Crippen LogP contribution in [-0.2, 0) is 4.74 Å². The Labute approximate surface area is 69.8 Å². The zero-order valence-electron chi connectivity index (χ0n) is 7.76. The average Bonchev–Trinajstić information content (AvgIpc) is 2.00. The van der Waals surface area contributed by atoms with E-state index in [1.807, 2.05) is 12.2 Å². The Hall–Kier alpha value is -0.560. The lowest BCUT2D eigenvalue weighted by atomic mass is 9.78. The van der Waals surface area contributed by atoms with Crippen molar-refractivity contribution in [3.63, 3.8) is 0 Å². The molecule has 0 aliphatic rings. The molecule has 0 aromatic carbocycles. The van der Waals surface area contributed by atoms with Crippen molar-refractivity contribution in [3.05, 3.63) is 25.3 Å². The molecule has 1 nitrogen and oxygen atoms in total. The van der Waals surface area contributed by atoms with E-state index in [-0.39, 0.29) is 5.41 Å². The Balaban J connectivity index is 4.45. The first kappa shape index (κ1) is 10.4. The highest BCUT2D eigenvalue weighted by atomic mass is 16.5. The molecule has 0 spiro atoms. The van der Waals surface area contributed by atoms with Gasteiger partial charge < -0.3 is 4.74 Å². The summed E-state index contributed by atoms with van der Waals surface area (Å²) in [5.74, 6) is 0.484. The third-order valence-electron chi connectivity index (χ3n) is 2.23. The first-order valence-electron chi connectivity index (χ1n) is 3.89. The molecule has 0 N–H and O–H groups in total. The minimum atomic E-state index is -0.0608. The van der Waals surface area contributed by atoms with E-state index in [0.717, 1.165) is 0 Å². The highest BCUT2D eigenvalue weighted by Crippen LogP contribution is 2.30. The molecule has 0 aromatic heterocycles. The van der Waals surface area contributed by atoms with Crippen LogP contribution < -0.4 is 0 Å². The topological polar surface area (TPSA) is 9.23 Å². The molecular formula is C10H18O. The largest absolute Gasteiger partial charge is 0.383 e. The van der Waals surface area contributed by atoms with Crippen molar-refractivity contribution in [3.8, 4) is 0 Å². The van der Waals surface area contributed by atoms with Crippen LogP contribution in [0.25, 0.3) is 0 Å². The van der Waals surface area contributed by atoms with Gasteiger partial charge in [0.15, 0.2) is 0 Å². The van der Waals surface area contributed by atoms with Crippen molar-refractivity contribution < 1.29 is 4.74 Å². The molecular weight excluding hydrogens is 136 g/mol. The van der Waals surface area contributed by atoms with Gasteiger partial charge in [0, 0.05) is 12.5 Å². The third-order valence-corrected chi connectivity index (χ3v) is 2.23. The van der Waals surface area contributed by atoms with Crippen LogP contribution in [0.1, 0.15) is 13.8 Å². The van der Waals surface area contributed by atoms with Crippen molar-refractivity contribution in [1.29, 1.82) is 0 Å². The molecule has 0 aliphatic heterocycles. The third kappa shape index (κ3) is 2.19. The summed E-state index contributed by atoms with van der Waals surface area (Å²) < 4.78 is 5.11. The predicted molar refractivity (Wildman–Crippen MR) is 49.5 cm³/mol. The summed E-state index contributed by atoms with van der Waals surface area (Å²) in [5.41, 5.74) is -0.0608. The molecule has 0 saturated carbocycles. The van der Waals surface area contributed by atoms with Crippen molar-refractivity contribution in [2.24, 2.45) is 11.3 Å². The fourth-order valence-corrected chi connectivity index (χ4v) is 1.09. The molecule has 0 aliphatic carbocycles. The van der Waals surface area contributed by atoms with Crippen molar-refractivity contribution in [2.75, 3.05) is 13.7 Å². The lowest BCUT2D eigenvalue weighted by molar-refractivity contribution is 0.111. The number of methoxy groups -OCH3 is 1. The smallest absolute Gasteiger partial charge is 0.0590 e. The second kappa shape index (κ2) is 4.35. The van der Waals surface area contributed by atoms with E-state index in [4.69, 9.17) is 4.74 Å². The van der Waals surface area contributed by atoms with Gasteiger partial charge in [0.05, 0.1) is 6.61 Å². The molecule has 11 heavy (non-hydrogen) atoms. The zero-order chi connectivity index (χ0) is 8.91. The number of hydrogen-bond acceptors (Lipinski definition) is 1. The lowest BCUT2D eigenvalue weighted by Gasteiger charge is -2.30. The number of hydrogen-bond donors (Lipinski definition) is 0. The van der Waals surface area contributed by atoms with Gasteiger partial charge in [-0.3, -0.25) is 0 Å². The van der Waals surface area contributed by atoms with Crippen molar-refractivity contribution in [2.45, 2.75) is 13.8 Å². The second-order valence-corrected chi connectivity index (χ2v) is 3.11. The number of rotatable bonds is 5. The van der Waals surface area contributed by atoms with Gasteiger partial charge >= 0.3 is 0 Å². The highest BCUT2D eigenvalue weighted by Gasteiger charge is 2.26. The van der Waals surface area contributed by atoms with E-state index in [1.165, 1.54) is 0 Å². The normalized spacial score (nSPS) is 11.6. The molecule has 0 bridgehead atoms. The molecule has 0 saturated heterocycles. The molecule has 0 unspecified atom stereocenters. The van der Waals surface area contributed by atoms with Gasteiger partial charge in [-0.1, -0.05) is 26.0 Å². The van der Waals surface area contributed by atoms with Crippen LogP contribution >= 0.6 is 0 Å². The van der Waals surface area contributed by atoms with Gasteiger partial charge in [-0.15, -0.1) is 13.2 Å². The summed E-state index contributed by atoms with van der Waals surface area (Å²) in [6.45, 7) is 12.5. The molecule has 64 valence electrons. The Morgan fingerprint density at radius 3 is 1.91 bits per heavy atom. The minimum Gasteiger partial charge on any atom is -0.383 e. The number of ether oxygens (including phenoxy) is 1. The molecule has 0 heterocycles. The summed E-state index contributed by atoms with van der Waals surface area (Å²) in [7, 11) is 1.70. The molecule has 0 aromatic rings. The molecule has 0 atom stereocenters. The van der Waals surface area contributed by atoms with Crippen molar-refractivity contribution >= 4 is 0 Å². The van der Waals surface area contributed by atoms with E-state index in [1.54, 1.807) is 7.11 Å².